The maximum atomic E-state index is 11.5. The van der Waals surface area contributed by atoms with Crippen molar-refractivity contribution in [3.8, 4) is 5.75 Å². The highest BCUT2D eigenvalue weighted by Crippen LogP contribution is 2.21. The summed E-state index contributed by atoms with van der Waals surface area (Å²) in [6, 6.07) is 6.72. The third-order valence-corrected chi connectivity index (χ3v) is 2.19. The summed E-state index contributed by atoms with van der Waals surface area (Å²) in [5.74, 6) is 0.261. The first-order chi connectivity index (χ1) is 6.66. The van der Waals surface area contributed by atoms with Crippen molar-refractivity contribution < 1.29 is 9.90 Å². The van der Waals surface area contributed by atoms with Crippen molar-refractivity contribution in [3.05, 3.63) is 24.3 Å². The second-order valence-electron chi connectivity index (χ2n) is 3.48. The molecule has 1 heterocycles. The molecule has 1 aromatic carbocycles. The van der Waals surface area contributed by atoms with Gasteiger partial charge in [-0.05, 0) is 31.2 Å². The van der Waals surface area contributed by atoms with E-state index in [2.05, 4.69) is 5.43 Å². The predicted octanol–water partition coefficient (Wildman–Crippen LogP) is 1.02. The van der Waals surface area contributed by atoms with Crippen LogP contribution in [0.5, 0.6) is 5.75 Å². The Morgan fingerprint density at radius 1 is 1.43 bits per heavy atom. The molecule has 0 aliphatic carbocycles. The number of hydrazine groups is 1. The summed E-state index contributed by atoms with van der Waals surface area (Å²) in [6.07, 6.45) is 0.515. The number of anilines is 1. The van der Waals surface area contributed by atoms with Crippen molar-refractivity contribution in [1.82, 2.24) is 5.43 Å². The Morgan fingerprint density at radius 2 is 2.07 bits per heavy atom. The van der Waals surface area contributed by atoms with Crippen LogP contribution in [0.2, 0.25) is 0 Å². The minimum absolute atomic E-state index is 0.0585. The quantitative estimate of drug-likeness (QED) is 0.698. The monoisotopic (exact) mass is 192 g/mol. The summed E-state index contributed by atoms with van der Waals surface area (Å²) in [6.45, 7) is 1.96. The van der Waals surface area contributed by atoms with E-state index in [1.807, 2.05) is 6.92 Å². The molecule has 1 aromatic rings. The predicted molar refractivity (Wildman–Crippen MR) is 52.8 cm³/mol. The van der Waals surface area contributed by atoms with Gasteiger partial charge in [-0.15, -0.1) is 0 Å². The van der Waals surface area contributed by atoms with Gasteiger partial charge < -0.3 is 5.11 Å². The van der Waals surface area contributed by atoms with Crippen LogP contribution >= 0.6 is 0 Å². The molecule has 1 fully saturated rings. The Kier molecular flexibility index (Phi) is 2.13. The van der Waals surface area contributed by atoms with Crippen molar-refractivity contribution in [3.63, 3.8) is 0 Å². The number of hydrogen-bond acceptors (Lipinski definition) is 3. The molecule has 0 bridgehead atoms. The van der Waals surface area contributed by atoms with Crippen molar-refractivity contribution >= 4 is 11.6 Å². The second-order valence-corrected chi connectivity index (χ2v) is 3.48. The molecule has 2 rings (SSSR count). The summed E-state index contributed by atoms with van der Waals surface area (Å²) in [7, 11) is 0. The Morgan fingerprint density at radius 3 is 2.57 bits per heavy atom. The van der Waals surface area contributed by atoms with E-state index in [0.717, 1.165) is 5.69 Å². The minimum atomic E-state index is 0.0585. The van der Waals surface area contributed by atoms with Crippen LogP contribution < -0.4 is 10.4 Å². The molecule has 0 saturated carbocycles. The highest BCUT2D eigenvalue weighted by Gasteiger charge is 2.26. The number of amides is 1. The summed E-state index contributed by atoms with van der Waals surface area (Å²) in [4.78, 5) is 11.5. The van der Waals surface area contributed by atoms with Gasteiger partial charge in [-0.1, -0.05) is 0 Å². The molecule has 14 heavy (non-hydrogen) atoms. The van der Waals surface area contributed by atoms with Crippen LogP contribution in [0, 0.1) is 0 Å². The average molecular weight is 192 g/mol. The van der Waals surface area contributed by atoms with Gasteiger partial charge in [-0.3, -0.25) is 4.79 Å². The molecule has 1 atom stereocenters. The molecule has 1 aliphatic rings. The van der Waals surface area contributed by atoms with Gasteiger partial charge in [0, 0.05) is 12.5 Å². The van der Waals surface area contributed by atoms with E-state index in [9.17, 15) is 4.79 Å². The Labute approximate surface area is 82.1 Å². The number of benzene rings is 1. The number of hydrogen-bond donors (Lipinski definition) is 2. The van der Waals surface area contributed by atoms with Crippen molar-refractivity contribution in [1.29, 1.82) is 0 Å². The van der Waals surface area contributed by atoms with Gasteiger partial charge >= 0.3 is 0 Å². The van der Waals surface area contributed by atoms with Crippen LogP contribution in [0.25, 0.3) is 0 Å². The van der Waals surface area contributed by atoms with Crippen LogP contribution in [-0.2, 0) is 4.79 Å². The summed E-state index contributed by atoms with van der Waals surface area (Å²) in [5, 5.41) is 10.6. The van der Waals surface area contributed by atoms with Crippen LogP contribution in [0.3, 0.4) is 0 Å². The topological polar surface area (TPSA) is 52.6 Å². The molecule has 1 amide bonds. The van der Waals surface area contributed by atoms with Gasteiger partial charge in [0.2, 0.25) is 5.91 Å². The molecule has 74 valence electrons. The minimum Gasteiger partial charge on any atom is -0.508 e. The van der Waals surface area contributed by atoms with Gasteiger partial charge in [-0.2, -0.15) is 0 Å². The average Bonchev–Trinajstić information content (AvgIpc) is 2.47. The molecule has 0 radical (unpaired) electrons. The zero-order valence-corrected chi connectivity index (χ0v) is 7.90. The maximum Gasteiger partial charge on any atom is 0.242 e. The molecule has 1 aliphatic heterocycles. The van der Waals surface area contributed by atoms with Crippen LogP contribution in [0.1, 0.15) is 13.3 Å². The molecule has 4 nitrogen and oxygen atoms in total. The number of carbonyl (C=O) groups is 1. The first-order valence-corrected chi connectivity index (χ1v) is 4.55. The van der Waals surface area contributed by atoms with E-state index in [-0.39, 0.29) is 17.7 Å². The Hall–Kier alpha value is -1.55. The fraction of sp³-hybridized carbons (Fsp3) is 0.300. The number of phenolic OH excluding ortho intramolecular Hbond substituents is 1. The van der Waals surface area contributed by atoms with E-state index in [1.54, 1.807) is 24.3 Å². The molecule has 2 N–H and O–H groups in total. The highest BCUT2D eigenvalue weighted by atomic mass is 16.3. The third-order valence-electron chi connectivity index (χ3n) is 2.19. The molecular weight excluding hydrogens is 180 g/mol. The van der Waals surface area contributed by atoms with E-state index < -0.39 is 0 Å². The molecule has 4 heteroatoms. The number of nitrogens with zero attached hydrogens (tertiary/aromatic N) is 1. The summed E-state index contributed by atoms with van der Waals surface area (Å²) < 4.78 is 0. The van der Waals surface area contributed by atoms with E-state index in [4.69, 9.17) is 5.11 Å². The van der Waals surface area contributed by atoms with Gasteiger partial charge in [0.05, 0.1) is 5.69 Å². The first kappa shape index (κ1) is 9.02. The van der Waals surface area contributed by atoms with E-state index in [0.29, 0.717) is 6.42 Å². The largest absolute Gasteiger partial charge is 0.508 e. The Balaban J connectivity index is 2.23. The second kappa shape index (κ2) is 3.31. The fourth-order valence-electron chi connectivity index (χ4n) is 1.51. The Bertz CT molecular complexity index is 348. The lowest BCUT2D eigenvalue weighted by Gasteiger charge is -2.16. The van der Waals surface area contributed by atoms with Crippen molar-refractivity contribution in [2.45, 2.75) is 19.4 Å². The van der Waals surface area contributed by atoms with Gasteiger partial charge in [-0.25, -0.2) is 10.4 Å². The van der Waals surface area contributed by atoms with Crippen LogP contribution in [0.4, 0.5) is 5.69 Å². The normalized spacial score (nSPS) is 21.6. The molecular formula is C10H12N2O2. The number of phenols is 1. The number of aromatic hydroxyl groups is 1. The van der Waals surface area contributed by atoms with Gasteiger partial charge in [0.25, 0.3) is 0 Å². The van der Waals surface area contributed by atoms with Crippen molar-refractivity contribution in [2.75, 3.05) is 5.01 Å². The lowest BCUT2D eigenvalue weighted by molar-refractivity contribution is -0.117. The summed E-state index contributed by atoms with van der Waals surface area (Å²) >= 11 is 0. The highest BCUT2D eigenvalue weighted by molar-refractivity contribution is 5.94. The van der Waals surface area contributed by atoms with E-state index in [1.165, 1.54) is 5.01 Å². The standard InChI is InChI=1S/C10H12N2O2/c1-7-6-10(14)12(11-7)8-2-4-9(13)5-3-8/h2-5,7,11,13H,6H2,1H3. The van der Waals surface area contributed by atoms with Crippen molar-refractivity contribution in [2.24, 2.45) is 0 Å². The van der Waals surface area contributed by atoms with Crippen LogP contribution in [-0.4, -0.2) is 17.1 Å². The number of rotatable bonds is 1. The third kappa shape index (κ3) is 1.56. The van der Waals surface area contributed by atoms with Gasteiger partial charge in [0.1, 0.15) is 5.75 Å². The molecule has 1 saturated heterocycles. The zero-order valence-electron chi connectivity index (χ0n) is 7.90. The SMILES string of the molecule is CC1CC(=O)N(c2ccc(O)cc2)N1. The number of carbonyl (C=O) groups excluding carboxylic acids is 1. The molecule has 0 aromatic heterocycles. The molecule has 1 unspecified atom stereocenters. The maximum absolute atomic E-state index is 11.5. The smallest absolute Gasteiger partial charge is 0.242 e. The fourth-order valence-corrected chi connectivity index (χ4v) is 1.51. The van der Waals surface area contributed by atoms with Gasteiger partial charge in [0.15, 0.2) is 0 Å². The molecule has 0 spiro atoms. The number of nitrogens with one attached hydrogen (secondary N) is 1. The summed E-state index contributed by atoms with van der Waals surface area (Å²) in [5.41, 5.74) is 3.80. The lowest BCUT2D eigenvalue weighted by Crippen LogP contribution is -2.36. The van der Waals surface area contributed by atoms with Crippen LogP contribution in [0.15, 0.2) is 24.3 Å². The first-order valence-electron chi connectivity index (χ1n) is 4.55. The zero-order chi connectivity index (χ0) is 10.1. The van der Waals surface area contributed by atoms with E-state index >= 15 is 0 Å². The lowest BCUT2D eigenvalue weighted by atomic mass is 10.2.